The summed E-state index contributed by atoms with van der Waals surface area (Å²) >= 11 is 6.19. The lowest BCUT2D eigenvalue weighted by atomic mass is 9.93. The van der Waals surface area contributed by atoms with E-state index in [9.17, 15) is 14.4 Å². The molecule has 1 aliphatic carbocycles. The van der Waals surface area contributed by atoms with Crippen LogP contribution in [-0.2, 0) is 16.1 Å². The van der Waals surface area contributed by atoms with E-state index in [0.29, 0.717) is 10.7 Å². The lowest BCUT2D eigenvalue weighted by molar-refractivity contribution is -0.127. The van der Waals surface area contributed by atoms with Gasteiger partial charge in [-0.15, -0.1) is 0 Å². The van der Waals surface area contributed by atoms with E-state index >= 15 is 0 Å². The summed E-state index contributed by atoms with van der Waals surface area (Å²) in [6.07, 6.45) is 4.00. The van der Waals surface area contributed by atoms with Gasteiger partial charge in [-0.05, 0) is 44.9 Å². The smallest absolute Gasteiger partial charge is 0.358 e. The maximum Gasteiger partial charge on any atom is 0.358 e. The molecule has 2 aliphatic rings. The van der Waals surface area contributed by atoms with E-state index in [-0.39, 0.29) is 36.5 Å². The number of nitrogens with one attached hydrogen (secondary N) is 1. The van der Waals surface area contributed by atoms with Gasteiger partial charge in [-0.1, -0.05) is 30.5 Å². The highest BCUT2D eigenvalue weighted by atomic mass is 35.5. The van der Waals surface area contributed by atoms with E-state index in [1.165, 1.54) is 15.6 Å². The Morgan fingerprint density at radius 1 is 1.29 bits per heavy atom. The second-order valence-electron chi connectivity index (χ2n) is 8.14. The summed E-state index contributed by atoms with van der Waals surface area (Å²) in [5, 5.41) is 7.82. The molecule has 0 radical (unpaired) electrons. The van der Waals surface area contributed by atoms with Gasteiger partial charge in [0.05, 0.1) is 13.2 Å². The number of amides is 2. The Bertz CT molecular complexity index is 1030. The molecule has 0 unspecified atom stereocenters. The maximum absolute atomic E-state index is 13.6. The second kappa shape index (κ2) is 8.34. The molecular formula is C22H25ClN4O4. The molecule has 1 aliphatic heterocycles. The number of rotatable bonds is 5. The maximum atomic E-state index is 13.6. The van der Waals surface area contributed by atoms with Gasteiger partial charge >= 0.3 is 5.97 Å². The van der Waals surface area contributed by atoms with Crippen molar-refractivity contribution in [2.45, 2.75) is 57.7 Å². The number of esters is 1. The number of ether oxygens (including phenoxy) is 1. The van der Waals surface area contributed by atoms with Gasteiger partial charge in [0.25, 0.3) is 5.91 Å². The largest absolute Gasteiger partial charge is 0.461 e. The van der Waals surface area contributed by atoms with Gasteiger partial charge in [0.2, 0.25) is 5.91 Å². The Kier molecular flexibility index (Phi) is 5.75. The van der Waals surface area contributed by atoms with E-state index in [1.54, 1.807) is 38.1 Å². The van der Waals surface area contributed by atoms with Crippen LogP contribution < -0.4 is 10.2 Å². The van der Waals surface area contributed by atoms with Gasteiger partial charge in [0.1, 0.15) is 11.2 Å². The zero-order chi connectivity index (χ0) is 22.2. The first-order chi connectivity index (χ1) is 14.8. The van der Waals surface area contributed by atoms with Gasteiger partial charge in [-0.3, -0.25) is 19.2 Å². The van der Waals surface area contributed by atoms with Crippen molar-refractivity contribution < 1.29 is 19.1 Å². The van der Waals surface area contributed by atoms with Crippen molar-refractivity contribution in [2.75, 3.05) is 11.5 Å². The third-order valence-corrected chi connectivity index (χ3v) is 6.12. The minimum Gasteiger partial charge on any atom is -0.461 e. The number of anilines is 1. The molecule has 1 aromatic heterocycles. The normalized spacial score (nSPS) is 21.1. The molecule has 1 saturated carbocycles. The van der Waals surface area contributed by atoms with Crippen molar-refractivity contribution in [1.82, 2.24) is 15.1 Å². The molecule has 9 heteroatoms. The minimum absolute atomic E-state index is 0.0386. The number of carbonyl (C=O) groups is 3. The van der Waals surface area contributed by atoms with Crippen LogP contribution in [0.1, 0.15) is 60.5 Å². The summed E-state index contributed by atoms with van der Waals surface area (Å²) in [6.45, 7) is 3.71. The monoisotopic (exact) mass is 444 g/mol. The molecule has 2 heterocycles. The van der Waals surface area contributed by atoms with Crippen LogP contribution in [-0.4, -0.2) is 45.8 Å². The second-order valence-corrected chi connectivity index (χ2v) is 8.58. The lowest BCUT2D eigenvalue weighted by Gasteiger charge is -2.43. The first-order valence-electron chi connectivity index (χ1n) is 10.5. The van der Waals surface area contributed by atoms with Gasteiger partial charge in [0.15, 0.2) is 5.69 Å². The number of hydrogen-bond donors (Lipinski definition) is 1. The Hall–Kier alpha value is -2.87. The summed E-state index contributed by atoms with van der Waals surface area (Å²) in [5.74, 6) is -1.30. The quantitative estimate of drug-likeness (QED) is 0.715. The molecule has 0 bridgehead atoms. The molecule has 2 amide bonds. The molecule has 31 heavy (non-hydrogen) atoms. The number of benzene rings is 1. The molecule has 0 spiro atoms. The van der Waals surface area contributed by atoms with Crippen LogP contribution in [0, 0.1) is 0 Å². The molecule has 164 valence electrons. The topological polar surface area (TPSA) is 93.5 Å². The molecule has 1 aromatic carbocycles. The van der Waals surface area contributed by atoms with Crippen LogP contribution >= 0.6 is 11.6 Å². The third kappa shape index (κ3) is 3.92. The fraction of sp³-hybridized carbons (Fsp3) is 0.455. The molecule has 0 saturated heterocycles. The van der Waals surface area contributed by atoms with Crippen molar-refractivity contribution in [3.63, 3.8) is 0 Å². The van der Waals surface area contributed by atoms with E-state index in [4.69, 9.17) is 16.3 Å². The van der Waals surface area contributed by atoms with Crippen LogP contribution in [0.3, 0.4) is 0 Å². The van der Waals surface area contributed by atoms with Crippen molar-refractivity contribution in [1.29, 1.82) is 0 Å². The molecule has 2 aromatic rings. The molecule has 1 fully saturated rings. The summed E-state index contributed by atoms with van der Waals surface area (Å²) in [7, 11) is 0. The van der Waals surface area contributed by atoms with Crippen LogP contribution in [0.2, 0.25) is 5.02 Å². The number of aromatic nitrogens is 2. The lowest BCUT2D eigenvalue weighted by Crippen LogP contribution is -2.65. The van der Waals surface area contributed by atoms with Crippen molar-refractivity contribution in [3.05, 3.63) is 46.7 Å². The van der Waals surface area contributed by atoms with E-state index < -0.39 is 17.4 Å². The Balaban J connectivity index is 1.76. The van der Waals surface area contributed by atoms with Gasteiger partial charge in [-0.2, -0.15) is 5.10 Å². The summed E-state index contributed by atoms with van der Waals surface area (Å²) in [4.78, 5) is 40.7. The minimum atomic E-state index is -1.25. The molecule has 1 atom stereocenters. The Labute approximate surface area is 185 Å². The Morgan fingerprint density at radius 3 is 2.71 bits per heavy atom. The third-order valence-electron chi connectivity index (χ3n) is 5.88. The number of halogens is 1. The highest BCUT2D eigenvalue weighted by molar-refractivity contribution is 6.31. The first-order valence-corrected chi connectivity index (χ1v) is 10.9. The average Bonchev–Trinajstić information content (AvgIpc) is 3.38. The van der Waals surface area contributed by atoms with Crippen LogP contribution in [0.15, 0.2) is 30.3 Å². The van der Waals surface area contributed by atoms with Crippen molar-refractivity contribution in [3.8, 4) is 0 Å². The van der Waals surface area contributed by atoms with Crippen LogP contribution in [0.25, 0.3) is 0 Å². The zero-order valence-corrected chi connectivity index (χ0v) is 18.3. The predicted molar refractivity (Wildman–Crippen MR) is 115 cm³/mol. The number of fused-ring (bicyclic) bond motifs is 1. The van der Waals surface area contributed by atoms with E-state index in [0.717, 1.165) is 25.7 Å². The number of nitrogens with zero attached hydrogens (tertiary/aromatic N) is 3. The molecule has 4 rings (SSSR count). The molecule has 1 N–H and O–H groups in total. The Morgan fingerprint density at radius 2 is 2.03 bits per heavy atom. The highest BCUT2D eigenvalue weighted by Crippen LogP contribution is 2.34. The molecular weight excluding hydrogens is 420 g/mol. The van der Waals surface area contributed by atoms with Crippen LogP contribution in [0.4, 0.5) is 5.69 Å². The summed E-state index contributed by atoms with van der Waals surface area (Å²) in [5.41, 5.74) is -0.493. The number of carbonyl (C=O) groups excluding carboxylic acids is 3. The standard InChI is InChI=1S/C22H25ClN4O4/c1-3-31-20(29)17-12-18-19(28)27(16-10-6-7-14(23)11-16)22(2,13-26(18)25-17)21(30)24-15-8-4-5-9-15/h6-7,10-12,15H,3-5,8-9,13H2,1-2H3,(H,24,30)/t22-/m1/s1. The van der Waals surface area contributed by atoms with Crippen molar-refractivity contribution in [2.24, 2.45) is 0 Å². The van der Waals surface area contributed by atoms with Gasteiger partial charge in [-0.25, -0.2) is 4.79 Å². The van der Waals surface area contributed by atoms with E-state index in [1.807, 2.05) is 0 Å². The zero-order valence-electron chi connectivity index (χ0n) is 17.6. The summed E-state index contributed by atoms with van der Waals surface area (Å²) in [6, 6.07) is 8.33. The van der Waals surface area contributed by atoms with Gasteiger partial charge < -0.3 is 10.1 Å². The average molecular weight is 445 g/mol. The van der Waals surface area contributed by atoms with Gasteiger partial charge in [0, 0.05) is 22.8 Å². The predicted octanol–water partition coefficient (Wildman–Crippen LogP) is 3.19. The van der Waals surface area contributed by atoms with E-state index in [2.05, 4.69) is 10.4 Å². The number of hydrogen-bond acceptors (Lipinski definition) is 5. The SMILES string of the molecule is CCOC(=O)c1cc2n(n1)C[C@](C)(C(=O)NC1CCCC1)N(c1cccc(Cl)c1)C2=O. The van der Waals surface area contributed by atoms with Crippen LogP contribution in [0.5, 0.6) is 0 Å². The fourth-order valence-corrected chi connectivity index (χ4v) is 4.50. The first kappa shape index (κ1) is 21.4. The summed E-state index contributed by atoms with van der Waals surface area (Å²) < 4.78 is 6.44. The fourth-order valence-electron chi connectivity index (χ4n) is 4.32. The molecule has 8 nitrogen and oxygen atoms in total. The highest BCUT2D eigenvalue weighted by Gasteiger charge is 2.49. The van der Waals surface area contributed by atoms with Crippen molar-refractivity contribution >= 4 is 35.1 Å².